The molecule has 2 saturated heterocycles. The number of rotatable bonds is 6. The lowest BCUT2D eigenvalue weighted by Gasteiger charge is -2.36. The number of likely N-dealkylation sites (tertiary alicyclic amines) is 1. The Kier molecular flexibility index (Phi) is 8.63. The van der Waals surface area contributed by atoms with Gasteiger partial charge in [-0.1, -0.05) is 11.6 Å². The van der Waals surface area contributed by atoms with Crippen molar-refractivity contribution in [1.82, 2.24) is 15.1 Å². The van der Waals surface area contributed by atoms with E-state index < -0.39 is 0 Å². The molecule has 1 unspecified atom stereocenters. The first-order valence-electron chi connectivity index (χ1n) is 10.9. The van der Waals surface area contributed by atoms with Gasteiger partial charge in [0.1, 0.15) is 11.9 Å². The predicted molar refractivity (Wildman–Crippen MR) is 119 cm³/mol. The van der Waals surface area contributed by atoms with Crippen molar-refractivity contribution in [3.05, 3.63) is 29.3 Å². The Hall–Kier alpha value is -1.99. The van der Waals surface area contributed by atoms with Crippen LogP contribution in [0.1, 0.15) is 26.7 Å². The number of amides is 1. The van der Waals surface area contributed by atoms with Crippen molar-refractivity contribution in [3.8, 4) is 5.75 Å². The molecule has 3 rings (SSSR count). The van der Waals surface area contributed by atoms with Crippen LogP contribution >= 0.6 is 11.6 Å². The van der Waals surface area contributed by atoms with Gasteiger partial charge in [-0.05, 0) is 51.0 Å². The van der Waals surface area contributed by atoms with E-state index in [0.29, 0.717) is 37.9 Å². The number of aliphatic imine (C=N–C) groups is 1. The number of guanidine groups is 1. The largest absolute Gasteiger partial charge is 0.489 e. The lowest BCUT2D eigenvalue weighted by Crippen LogP contribution is -2.50. The summed E-state index contributed by atoms with van der Waals surface area (Å²) in [4.78, 5) is 21.7. The van der Waals surface area contributed by atoms with E-state index in [0.717, 1.165) is 44.2 Å². The SMILES string of the molecule is CCNC(=NCC(C)Oc1ccc(Cl)cc1)N1CCC(C(=O)N2CCOCC2)CC1. The second-order valence-electron chi connectivity index (χ2n) is 7.78. The van der Waals surface area contributed by atoms with Gasteiger partial charge >= 0.3 is 0 Å². The van der Waals surface area contributed by atoms with E-state index in [-0.39, 0.29) is 17.9 Å². The van der Waals surface area contributed by atoms with Crippen LogP contribution in [-0.4, -0.2) is 80.3 Å². The molecule has 1 N–H and O–H groups in total. The van der Waals surface area contributed by atoms with Gasteiger partial charge in [0.05, 0.1) is 19.8 Å². The second-order valence-corrected chi connectivity index (χ2v) is 8.21. The normalized spacial score (nSPS) is 19.5. The summed E-state index contributed by atoms with van der Waals surface area (Å²) >= 11 is 5.93. The van der Waals surface area contributed by atoms with E-state index in [9.17, 15) is 4.79 Å². The van der Waals surface area contributed by atoms with E-state index in [1.807, 2.05) is 36.1 Å². The average molecular weight is 437 g/mol. The molecular formula is C22H33ClN4O3. The molecule has 8 heteroatoms. The minimum atomic E-state index is -0.0553. The van der Waals surface area contributed by atoms with Crippen LogP contribution < -0.4 is 10.1 Å². The first kappa shape index (κ1) is 22.7. The highest BCUT2D eigenvalue weighted by Gasteiger charge is 2.30. The summed E-state index contributed by atoms with van der Waals surface area (Å²) in [5, 5.41) is 4.07. The number of hydrogen-bond acceptors (Lipinski definition) is 4. The quantitative estimate of drug-likeness (QED) is 0.548. The first-order chi connectivity index (χ1) is 14.6. The molecule has 0 bridgehead atoms. The van der Waals surface area contributed by atoms with Gasteiger partial charge in [0.25, 0.3) is 0 Å². The van der Waals surface area contributed by atoms with Gasteiger partial charge in [0.15, 0.2) is 5.96 Å². The molecule has 0 aromatic heterocycles. The molecular weight excluding hydrogens is 404 g/mol. The van der Waals surface area contributed by atoms with Crippen LogP contribution in [0, 0.1) is 5.92 Å². The minimum Gasteiger partial charge on any atom is -0.489 e. The molecule has 0 spiro atoms. The standard InChI is InChI=1S/C22H33ClN4O3/c1-3-24-22(25-16-17(2)30-20-6-4-19(23)5-7-20)27-10-8-18(9-11-27)21(28)26-12-14-29-15-13-26/h4-7,17-18H,3,8-16H2,1-2H3,(H,24,25). The minimum absolute atomic E-state index is 0.0553. The van der Waals surface area contributed by atoms with Crippen LogP contribution in [-0.2, 0) is 9.53 Å². The zero-order valence-corrected chi connectivity index (χ0v) is 18.7. The monoisotopic (exact) mass is 436 g/mol. The number of nitrogens with zero attached hydrogens (tertiary/aromatic N) is 3. The zero-order valence-electron chi connectivity index (χ0n) is 18.0. The fourth-order valence-electron chi connectivity index (χ4n) is 3.80. The summed E-state index contributed by atoms with van der Waals surface area (Å²) in [6.45, 7) is 9.83. The van der Waals surface area contributed by atoms with Crippen molar-refractivity contribution in [2.75, 3.05) is 52.5 Å². The molecule has 0 aliphatic carbocycles. The van der Waals surface area contributed by atoms with Gasteiger partial charge in [-0.25, -0.2) is 4.99 Å². The summed E-state index contributed by atoms with van der Waals surface area (Å²) < 4.78 is 11.3. The second kappa shape index (κ2) is 11.4. The Balaban J connectivity index is 1.50. The van der Waals surface area contributed by atoms with Crippen LogP contribution in [0.3, 0.4) is 0 Å². The Morgan fingerprint density at radius 3 is 2.50 bits per heavy atom. The number of halogens is 1. The van der Waals surface area contributed by atoms with Crippen molar-refractivity contribution in [3.63, 3.8) is 0 Å². The van der Waals surface area contributed by atoms with E-state index in [4.69, 9.17) is 26.1 Å². The number of benzene rings is 1. The number of nitrogens with one attached hydrogen (secondary N) is 1. The molecule has 1 amide bonds. The third-order valence-electron chi connectivity index (χ3n) is 5.45. The van der Waals surface area contributed by atoms with Crippen LogP contribution in [0.5, 0.6) is 5.75 Å². The van der Waals surface area contributed by atoms with Crippen LogP contribution in [0.25, 0.3) is 0 Å². The number of ether oxygens (including phenoxy) is 2. The smallest absolute Gasteiger partial charge is 0.225 e. The zero-order chi connectivity index (χ0) is 21.3. The van der Waals surface area contributed by atoms with Crippen LogP contribution in [0.2, 0.25) is 5.02 Å². The molecule has 0 radical (unpaired) electrons. The molecule has 30 heavy (non-hydrogen) atoms. The molecule has 7 nitrogen and oxygen atoms in total. The number of piperidine rings is 1. The van der Waals surface area contributed by atoms with Crippen molar-refractivity contribution < 1.29 is 14.3 Å². The topological polar surface area (TPSA) is 66.4 Å². The Morgan fingerprint density at radius 1 is 1.20 bits per heavy atom. The fourth-order valence-corrected chi connectivity index (χ4v) is 3.93. The van der Waals surface area contributed by atoms with Gasteiger partial charge in [0.2, 0.25) is 5.91 Å². The summed E-state index contributed by atoms with van der Waals surface area (Å²) in [7, 11) is 0. The van der Waals surface area contributed by atoms with Gasteiger partial charge in [-0.3, -0.25) is 4.79 Å². The maximum atomic E-state index is 12.7. The first-order valence-corrected chi connectivity index (χ1v) is 11.3. The Morgan fingerprint density at radius 2 is 1.87 bits per heavy atom. The Bertz CT molecular complexity index is 699. The predicted octanol–water partition coefficient (Wildman–Crippen LogP) is 2.64. The van der Waals surface area contributed by atoms with Crippen molar-refractivity contribution >= 4 is 23.5 Å². The molecule has 2 fully saturated rings. The summed E-state index contributed by atoms with van der Waals surface area (Å²) in [6.07, 6.45) is 1.66. The van der Waals surface area contributed by atoms with Crippen LogP contribution in [0.15, 0.2) is 29.3 Å². The third kappa shape index (κ3) is 6.51. The summed E-state index contributed by atoms with van der Waals surface area (Å²) in [5.74, 6) is 2.06. The van der Waals surface area contributed by atoms with E-state index in [1.54, 1.807) is 0 Å². The van der Waals surface area contributed by atoms with Crippen LogP contribution in [0.4, 0.5) is 0 Å². The molecule has 2 aliphatic heterocycles. The summed E-state index contributed by atoms with van der Waals surface area (Å²) in [6, 6.07) is 7.37. The maximum absolute atomic E-state index is 12.7. The van der Waals surface area contributed by atoms with Gasteiger partial charge < -0.3 is 24.6 Å². The summed E-state index contributed by atoms with van der Waals surface area (Å²) in [5.41, 5.74) is 0. The number of hydrogen-bond donors (Lipinski definition) is 1. The van der Waals surface area contributed by atoms with Gasteiger partial charge in [-0.15, -0.1) is 0 Å². The van der Waals surface area contributed by atoms with E-state index >= 15 is 0 Å². The van der Waals surface area contributed by atoms with E-state index in [1.165, 1.54) is 0 Å². The maximum Gasteiger partial charge on any atom is 0.225 e. The number of carbonyl (C=O) groups excluding carboxylic acids is 1. The third-order valence-corrected chi connectivity index (χ3v) is 5.70. The molecule has 2 aliphatic rings. The van der Waals surface area contributed by atoms with Crippen molar-refractivity contribution in [1.29, 1.82) is 0 Å². The molecule has 1 aromatic rings. The molecule has 2 heterocycles. The lowest BCUT2D eigenvalue weighted by molar-refractivity contribution is -0.140. The van der Waals surface area contributed by atoms with Crippen molar-refractivity contribution in [2.24, 2.45) is 10.9 Å². The number of morpholine rings is 1. The molecule has 166 valence electrons. The molecule has 0 saturated carbocycles. The van der Waals surface area contributed by atoms with Gasteiger partial charge in [-0.2, -0.15) is 0 Å². The highest BCUT2D eigenvalue weighted by Crippen LogP contribution is 2.21. The highest BCUT2D eigenvalue weighted by atomic mass is 35.5. The van der Waals surface area contributed by atoms with E-state index in [2.05, 4.69) is 17.1 Å². The van der Waals surface area contributed by atoms with Gasteiger partial charge in [0, 0.05) is 43.7 Å². The van der Waals surface area contributed by atoms with Crippen molar-refractivity contribution in [2.45, 2.75) is 32.8 Å². The lowest BCUT2D eigenvalue weighted by atomic mass is 9.95. The Labute approximate surface area is 184 Å². The highest BCUT2D eigenvalue weighted by molar-refractivity contribution is 6.30. The molecule has 1 atom stereocenters. The molecule has 1 aromatic carbocycles. The number of carbonyl (C=O) groups is 1. The average Bonchev–Trinajstić information content (AvgIpc) is 2.78. The fraction of sp³-hybridized carbons (Fsp3) is 0.636.